The number of ether oxygens (including phenoxy) is 2. The second kappa shape index (κ2) is 3.41. The van der Waals surface area contributed by atoms with Crippen molar-refractivity contribution in [1.82, 2.24) is 0 Å². The van der Waals surface area contributed by atoms with E-state index in [1.807, 2.05) is 0 Å². The molecule has 1 heterocycles. The SMILES string of the molecule is C=CC(=O)OCC1OC1(C)C(F)F. The van der Waals surface area contributed by atoms with E-state index in [1.54, 1.807) is 0 Å². The Hall–Kier alpha value is -0.970. The van der Waals surface area contributed by atoms with Crippen LogP contribution < -0.4 is 0 Å². The molecule has 74 valence electrons. The van der Waals surface area contributed by atoms with Crippen molar-refractivity contribution in [1.29, 1.82) is 0 Å². The van der Waals surface area contributed by atoms with Gasteiger partial charge in [0.05, 0.1) is 0 Å². The summed E-state index contributed by atoms with van der Waals surface area (Å²) >= 11 is 0. The molecule has 0 spiro atoms. The van der Waals surface area contributed by atoms with Gasteiger partial charge in [-0.1, -0.05) is 6.58 Å². The molecule has 5 heteroatoms. The maximum atomic E-state index is 12.2. The predicted molar refractivity (Wildman–Crippen MR) is 40.4 cm³/mol. The third kappa shape index (κ3) is 2.03. The summed E-state index contributed by atoms with van der Waals surface area (Å²) in [6.45, 7) is 4.30. The zero-order chi connectivity index (χ0) is 10.1. The average Bonchev–Trinajstić information content (AvgIpc) is 2.75. The van der Waals surface area contributed by atoms with Crippen LogP contribution in [0.1, 0.15) is 6.92 Å². The number of rotatable bonds is 4. The van der Waals surface area contributed by atoms with Crippen molar-refractivity contribution in [2.75, 3.05) is 6.61 Å². The zero-order valence-corrected chi connectivity index (χ0v) is 7.13. The molecule has 0 aromatic rings. The topological polar surface area (TPSA) is 38.8 Å². The lowest BCUT2D eigenvalue weighted by atomic mass is 10.1. The van der Waals surface area contributed by atoms with Gasteiger partial charge in [0.1, 0.15) is 12.7 Å². The lowest BCUT2D eigenvalue weighted by Gasteiger charge is -2.03. The number of hydrogen-bond donors (Lipinski definition) is 0. The van der Waals surface area contributed by atoms with Crippen LogP contribution in [0.4, 0.5) is 8.78 Å². The van der Waals surface area contributed by atoms with E-state index < -0.39 is 24.1 Å². The Bertz CT molecular complexity index is 229. The van der Waals surface area contributed by atoms with Crippen LogP contribution in [0, 0.1) is 0 Å². The quantitative estimate of drug-likeness (QED) is 0.381. The van der Waals surface area contributed by atoms with E-state index >= 15 is 0 Å². The minimum absolute atomic E-state index is 0.147. The molecule has 0 aromatic carbocycles. The molecule has 1 saturated heterocycles. The second-order valence-corrected chi connectivity index (χ2v) is 2.93. The minimum Gasteiger partial charge on any atom is -0.460 e. The molecular formula is C8H10F2O3. The standard InChI is InChI=1S/C8H10F2O3/c1-3-6(11)12-4-5-8(2,13-5)7(9)10/h3,5,7H,1,4H2,2H3. The lowest BCUT2D eigenvalue weighted by molar-refractivity contribution is -0.138. The maximum Gasteiger partial charge on any atom is 0.330 e. The fourth-order valence-corrected chi connectivity index (χ4v) is 0.881. The Morgan fingerprint density at radius 3 is 2.85 bits per heavy atom. The molecule has 0 amide bonds. The minimum atomic E-state index is -2.56. The summed E-state index contributed by atoms with van der Waals surface area (Å²) in [6, 6.07) is 0. The summed E-state index contributed by atoms with van der Waals surface area (Å²) < 4.78 is 33.6. The van der Waals surface area contributed by atoms with Gasteiger partial charge >= 0.3 is 5.97 Å². The van der Waals surface area contributed by atoms with Crippen LogP contribution in [0.3, 0.4) is 0 Å². The van der Waals surface area contributed by atoms with Crippen molar-refractivity contribution in [2.45, 2.75) is 25.1 Å². The third-order valence-corrected chi connectivity index (χ3v) is 1.96. The van der Waals surface area contributed by atoms with Crippen LogP contribution in [-0.4, -0.2) is 30.7 Å². The van der Waals surface area contributed by atoms with Crippen LogP contribution in [0.5, 0.6) is 0 Å². The molecule has 0 bridgehead atoms. The van der Waals surface area contributed by atoms with E-state index in [1.165, 1.54) is 6.92 Å². The molecular weight excluding hydrogens is 182 g/mol. The number of hydrogen-bond acceptors (Lipinski definition) is 3. The van der Waals surface area contributed by atoms with E-state index in [0.29, 0.717) is 0 Å². The summed E-state index contributed by atoms with van der Waals surface area (Å²) in [5.74, 6) is -0.632. The maximum absolute atomic E-state index is 12.2. The average molecular weight is 192 g/mol. The van der Waals surface area contributed by atoms with Gasteiger partial charge in [0.15, 0.2) is 5.60 Å². The molecule has 0 N–H and O–H groups in total. The number of carbonyl (C=O) groups excluding carboxylic acids is 1. The Labute approximate surface area is 74.3 Å². The Morgan fingerprint density at radius 2 is 2.46 bits per heavy atom. The number of alkyl halides is 2. The van der Waals surface area contributed by atoms with E-state index in [4.69, 9.17) is 4.74 Å². The molecule has 0 saturated carbocycles. The van der Waals surface area contributed by atoms with Gasteiger partial charge in [-0.05, 0) is 6.92 Å². The zero-order valence-electron chi connectivity index (χ0n) is 7.13. The first-order valence-electron chi connectivity index (χ1n) is 3.76. The van der Waals surface area contributed by atoms with Crippen molar-refractivity contribution in [3.63, 3.8) is 0 Å². The van der Waals surface area contributed by atoms with Crippen LogP contribution in [0.2, 0.25) is 0 Å². The summed E-state index contributed by atoms with van der Waals surface area (Å²) in [7, 11) is 0. The van der Waals surface area contributed by atoms with Gasteiger partial charge in [0, 0.05) is 6.08 Å². The number of esters is 1. The summed E-state index contributed by atoms with van der Waals surface area (Å²) in [5, 5.41) is 0. The van der Waals surface area contributed by atoms with Crippen molar-refractivity contribution < 1.29 is 23.0 Å². The van der Waals surface area contributed by atoms with Crippen molar-refractivity contribution >= 4 is 5.97 Å². The van der Waals surface area contributed by atoms with Gasteiger partial charge in [-0.2, -0.15) is 0 Å². The van der Waals surface area contributed by atoms with E-state index in [9.17, 15) is 13.6 Å². The molecule has 0 aromatic heterocycles. The van der Waals surface area contributed by atoms with Crippen LogP contribution >= 0.6 is 0 Å². The van der Waals surface area contributed by atoms with Gasteiger partial charge in [-0.25, -0.2) is 13.6 Å². The Balaban J connectivity index is 2.28. The predicted octanol–water partition coefficient (Wildman–Crippen LogP) is 1.14. The molecule has 1 rings (SSSR count). The molecule has 3 nitrogen and oxygen atoms in total. The molecule has 2 atom stereocenters. The second-order valence-electron chi connectivity index (χ2n) is 2.93. The monoisotopic (exact) mass is 192 g/mol. The fraction of sp³-hybridized carbons (Fsp3) is 0.625. The third-order valence-electron chi connectivity index (χ3n) is 1.96. The fourth-order valence-electron chi connectivity index (χ4n) is 0.881. The first-order chi connectivity index (χ1) is 6.00. The Morgan fingerprint density at radius 1 is 1.85 bits per heavy atom. The van der Waals surface area contributed by atoms with Crippen molar-refractivity contribution in [2.24, 2.45) is 0 Å². The summed E-state index contributed by atoms with van der Waals surface area (Å²) in [4.78, 5) is 10.5. The van der Waals surface area contributed by atoms with E-state index in [2.05, 4.69) is 11.3 Å². The van der Waals surface area contributed by atoms with Crippen LogP contribution in [0.25, 0.3) is 0 Å². The molecule has 1 aliphatic heterocycles. The highest BCUT2D eigenvalue weighted by Gasteiger charge is 2.60. The summed E-state index contributed by atoms with van der Waals surface area (Å²) in [5.41, 5.74) is -1.44. The highest BCUT2D eigenvalue weighted by atomic mass is 19.3. The van der Waals surface area contributed by atoms with Gasteiger partial charge in [-0.15, -0.1) is 0 Å². The van der Waals surface area contributed by atoms with Crippen LogP contribution in [-0.2, 0) is 14.3 Å². The molecule has 1 fully saturated rings. The Kier molecular flexibility index (Phi) is 2.66. The molecule has 2 unspecified atom stereocenters. The van der Waals surface area contributed by atoms with E-state index in [0.717, 1.165) is 6.08 Å². The van der Waals surface area contributed by atoms with Crippen LogP contribution in [0.15, 0.2) is 12.7 Å². The normalized spacial score (nSPS) is 31.5. The molecule has 1 aliphatic rings. The molecule has 0 radical (unpaired) electrons. The largest absolute Gasteiger partial charge is 0.460 e. The highest BCUT2D eigenvalue weighted by Crippen LogP contribution is 2.41. The first kappa shape index (κ1) is 10.1. The number of carbonyl (C=O) groups is 1. The van der Waals surface area contributed by atoms with E-state index in [-0.39, 0.29) is 6.61 Å². The van der Waals surface area contributed by atoms with Gasteiger partial charge in [0.2, 0.25) is 0 Å². The number of epoxide rings is 1. The molecule has 0 aliphatic carbocycles. The van der Waals surface area contributed by atoms with Gasteiger partial charge in [-0.3, -0.25) is 0 Å². The highest BCUT2D eigenvalue weighted by molar-refractivity contribution is 5.81. The lowest BCUT2D eigenvalue weighted by Crippen LogP contribution is -2.23. The van der Waals surface area contributed by atoms with Crippen molar-refractivity contribution in [3.05, 3.63) is 12.7 Å². The smallest absolute Gasteiger partial charge is 0.330 e. The first-order valence-corrected chi connectivity index (χ1v) is 3.76. The van der Waals surface area contributed by atoms with Gasteiger partial charge in [0.25, 0.3) is 6.43 Å². The number of halogens is 2. The van der Waals surface area contributed by atoms with Crippen molar-refractivity contribution in [3.8, 4) is 0 Å². The molecule has 13 heavy (non-hydrogen) atoms. The van der Waals surface area contributed by atoms with Gasteiger partial charge < -0.3 is 9.47 Å². The summed E-state index contributed by atoms with van der Waals surface area (Å²) in [6.07, 6.45) is -2.28.